The number of primary amides is 1. The first-order valence-electron chi connectivity index (χ1n) is 7.02. The lowest BCUT2D eigenvalue weighted by atomic mass is 10.2. The number of ether oxygens (including phenoxy) is 2. The van der Waals surface area contributed by atoms with E-state index in [1.165, 1.54) is 12.1 Å². The number of morpholine rings is 1. The highest BCUT2D eigenvalue weighted by atomic mass is 35.5. The summed E-state index contributed by atoms with van der Waals surface area (Å²) < 4.78 is 11.0. The Morgan fingerprint density at radius 3 is 2.59 bits per heavy atom. The molecule has 1 aromatic carbocycles. The summed E-state index contributed by atoms with van der Waals surface area (Å²) in [5.74, 6) is -0.564. The fourth-order valence-corrected chi connectivity index (χ4v) is 2.61. The van der Waals surface area contributed by atoms with Gasteiger partial charge in [0.05, 0.1) is 17.8 Å². The van der Waals surface area contributed by atoms with Crippen molar-refractivity contribution in [3.05, 3.63) is 28.8 Å². The van der Waals surface area contributed by atoms with E-state index in [2.05, 4.69) is 0 Å². The SMILES string of the molecule is C[C@H]1CN(C(=O)COc2ccc(Cl)cc2C(N)=O)C[C@H](C)O1. The molecule has 0 aromatic heterocycles. The molecule has 2 rings (SSSR count). The number of amides is 2. The van der Waals surface area contributed by atoms with Crippen molar-refractivity contribution in [1.29, 1.82) is 0 Å². The number of rotatable bonds is 4. The van der Waals surface area contributed by atoms with Crippen molar-refractivity contribution in [3.8, 4) is 5.75 Å². The van der Waals surface area contributed by atoms with Gasteiger partial charge in [-0.2, -0.15) is 0 Å². The Balaban J connectivity index is 2.01. The Bertz CT molecular complexity index is 569. The molecule has 1 aliphatic rings. The second-order valence-electron chi connectivity index (χ2n) is 5.35. The van der Waals surface area contributed by atoms with Crippen molar-refractivity contribution < 1.29 is 19.1 Å². The maximum Gasteiger partial charge on any atom is 0.260 e. The minimum Gasteiger partial charge on any atom is -0.483 e. The summed E-state index contributed by atoms with van der Waals surface area (Å²) in [4.78, 5) is 25.3. The predicted octanol–water partition coefficient (Wildman–Crippen LogP) is 1.45. The van der Waals surface area contributed by atoms with Crippen LogP contribution in [0, 0.1) is 0 Å². The van der Waals surface area contributed by atoms with Gasteiger partial charge in [-0.15, -0.1) is 0 Å². The molecule has 0 bridgehead atoms. The molecular formula is C15H19ClN2O4. The fourth-order valence-electron chi connectivity index (χ4n) is 2.43. The minimum absolute atomic E-state index is 0.00980. The van der Waals surface area contributed by atoms with Gasteiger partial charge in [0.1, 0.15) is 5.75 Å². The highest BCUT2D eigenvalue weighted by molar-refractivity contribution is 6.31. The zero-order chi connectivity index (χ0) is 16.3. The standard InChI is InChI=1S/C15H19ClN2O4/c1-9-6-18(7-10(2)22-9)14(19)8-21-13-4-3-11(16)5-12(13)15(17)20/h3-5,9-10H,6-8H2,1-2H3,(H2,17,20)/t9-,10-/m0/s1. The first-order valence-corrected chi connectivity index (χ1v) is 7.40. The van der Waals surface area contributed by atoms with Crippen LogP contribution in [0.4, 0.5) is 0 Å². The van der Waals surface area contributed by atoms with Crippen molar-refractivity contribution in [3.63, 3.8) is 0 Å². The molecule has 120 valence electrons. The van der Waals surface area contributed by atoms with E-state index in [0.29, 0.717) is 18.1 Å². The van der Waals surface area contributed by atoms with Gasteiger partial charge in [0, 0.05) is 18.1 Å². The molecule has 2 atom stereocenters. The topological polar surface area (TPSA) is 81.9 Å². The smallest absolute Gasteiger partial charge is 0.260 e. The van der Waals surface area contributed by atoms with Crippen LogP contribution < -0.4 is 10.5 Å². The lowest BCUT2D eigenvalue weighted by Gasteiger charge is -2.35. The number of hydrogen-bond donors (Lipinski definition) is 1. The molecule has 1 heterocycles. The summed E-state index contributed by atoms with van der Waals surface area (Å²) in [5, 5.41) is 0.378. The van der Waals surface area contributed by atoms with E-state index >= 15 is 0 Å². The van der Waals surface area contributed by atoms with E-state index in [-0.39, 0.29) is 36.0 Å². The Labute approximate surface area is 134 Å². The van der Waals surface area contributed by atoms with Crippen molar-refractivity contribution in [2.45, 2.75) is 26.1 Å². The fraction of sp³-hybridized carbons (Fsp3) is 0.467. The van der Waals surface area contributed by atoms with Gasteiger partial charge < -0.3 is 20.1 Å². The molecule has 22 heavy (non-hydrogen) atoms. The van der Waals surface area contributed by atoms with Crippen LogP contribution in [0.15, 0.2) is 18.2 Å². The second kappa shape index (κ2) is 6.98. The summed E-state index contributed by atoms with van der Waals surface area (Å²) >= 11 is 5.83. The van der Waals surface area contributed by atoms with Crippen molar-refractivity contribution >= 4 is 23.4 Å². The normalized spacial score (nSPS) is 21.5. The Hall–Kier alpha value is -1.79. The van der Waals surface area contributed by atoms with Crippen LogP contribution in [0.5, 0.6) is 5.75 Å². The van der Waals surface area contributed by atoms with E-state index in [1.807, 2.05) is 13.8 Å². The number of hydrogen-bond acceptors (Lipinski definition) is 4. The zero-order valence-corrected chi connectivity index (χ0v) is 13.3. The van der Waals surface area contributed by atoms with Crippen LogP contribution in [0.2, 0.25) is 5.02 Å². The molecule has 1 aromatic rings. The maximum atomic E-state index is 12.2. The molecule has 1 aliphatic heterocycles. The number of benzene rings is 1. The van der Waals surface area contributed by atoms with Crippen LogP contribution >= 0.6 is 11.6 Å². The van der Waals surface area contributed by atoms with Gasteiger partial charge in [-0.3, -0.25) is 9.59 Å². The average molecular weight is 327 g/mol. The molecular weight excluding hydrogens is 308 g/mol. The first kappa shape index (κ1) is 16.6. The average Bonchev–Trinajstić information content (AvgIpc) is 2.44. The number of nitrogens with two attached hydrogens (primary N) is 1. The van der Waals surface area contributed by atoms with Gasteiger partial charge in [0.15, 0.2) is 6.61 Å². The Kier molecular flexibility index (Phi) is 5.26. The molecule has 6 nitrogen and oxygen atoms in total. The highest BCUT2D eigenvalue weighted by Gasteiger charge is 2.26. The van der Waals surface area contributed by atoms with Crippen LogP contribution in [0.1, 0.15) is 24.2 Å². The Morgan fingerprint density at radius 1 is 1.36 bits per heavy atom. The number of carbonyl (C=O) groups excluding carboxylic acids is 2. The van der Waals surface area contributed by atoms with Gasteiger partial charge in [-0.05, 0) is 32.0 Å². The third kappa shape index (κ3) is 4.11. The third-order valence-electron chi connectivity index (χ3n) is 3.33. The molecule has 0 radical (unpaired) electrons. The highest BCUT2D eigenvalue weighted by Crippen LogP contribution is 2.22. The van der Waals surface area contributed by atoms with E-state index in [1.54, 1.807) is 11.0 Å². The largest absolute Gasteiger partial charge is 0.483 e. The molecule has 2 N–H and O–H groups in total. The Morgan fingerprint density at radius 2 is 2.00 bits per heavy atom. The molecule has 2 amide bonds. The van der Waals surface area contributed by atoms with Gasteiger partial charge >= 0.3 is 0 Å². The third-order valence-corrected chi connectivity index (χ3v) is 3.57. The van der Waals surface area contributed by atoms with E-state index in [9.17, 15) is 9.59 Å². The van der Waals surface area contributed by atoms with Crippen molar-refractivity contribution in [1.82, 2.24) is 4.90 Å². The maximum absolute atomic E-state index is 12.2. The van der Waals surface area contributed by atoms with Crippen LogP contribution in [-0.4, -0.2) is 48.6 Å². The summed E-state index contributed by atoms with van der Waals surface area (Å²) in [6.07, 6.45) is -0.0196. The molecule has 0 aliphatic carbocycles. The quantitative estimate of drug-likeness (QED) is 0.908. The zero-order valence-electron chi connectivity index (χ0n) is 12.5. The molecule has 1 saturated heterocycles. The van der Waals surface area contributed by atoms with Crippen molar-refractivity contribution in [2.75, 3.05) is 19.7 Å². The van der Waals surface area contributed by atoms with Gasteiger partial charge in [0.25, 0.3) is 11.8 Å². The molecule has 1 fully saturated rings. The van der Waals surface area contributed by atoms with E-state index in [4.69, 9.17) is 26.8 Å². The minimum atomic E-state index is -0.654. The number of nitrogens with zero attached hydrogens (tertiary/aromatic N) is 1. The van der Waals surface area contributed by atoms with Crippen LogP contribution in [0.3, 0.4) is 0 Å². The van der Waals surface area contributed by atoms with Gasteiger partial charge in [0.2, 0.25) is 0 Å². The van der Waals surface area contributed by atoms with E-state index < -0.39 is 5.91 Å². The predicted molar refractivity (Wildman–Crippen MR) is 82.1 cm³/mol. The second-order valence-corrected chi connectivity index (χ2v) is 5.79. The summed E-state index contributed by atoms with van der Waals surface area (Å²) in [6, 6.07) is 4.52. The lowest BCUT2D eigenvalue weighted by Crippen LogP contribution is -2.49. The first-order chi connectivity index (χ1) is 10.4. The molecule has 0 spiro atoms. The summed E-state index contributed by atoms with van der Waals surface area (Å²) in [5.41, 5.74) is 5.44. The number of carbonyl (C=O) groups is 2. The van der Waals surface area contributed by atoms with Crippen molar-refractivity contribution in [2.24, 2.45) is 5.73 Å². The van der Waals surface area contributed by atoms with Gasteiger partial charge in [-0.25, -0.2) is 0 Å². The lowest BCUT2D eigenvalue weighted by molar-refractivity contribution is -0.145. The summed E-state index contributed by atoms with van der Waals surface area (Å²) in [6.45, 7) is 4.72. The molecule has 0 unspecified atom stereocenters. The monoisotopic (exact) mass is 326 g/mol. The van der Waals surface area contributed by atoms with Crippen LogP contribution in [0.25, 0.3) is 0 Å². The molecule has 0 saturated carbocycles. The van der Waals surface area contributed by atoms with E-state index in [0.717, 1.165) is 0 Å². The summed E-state index contributed by atoms with van der Waals surface area (Å²) in [7, 11) is 0. The number of halogens is 1. The van der Waals surface area contributed by atoms with Crippen LogP contribution in [-0.2, 0) is 9.53 Å². The van der Waals surface area contributed by atoms with Gasteiger partial charge in [-0.1, -0.05) is 11.6 Å². The molecule has 7 heteroatoms.